The Kier molecular flexibility index (Phi) is 9.24. The molecule has 0 aliphatic carbocycles. The summed E-state index contributed by atoms with van der Waals surface area (Å²) < 4.78 is 20.4. The van der Waals surface area contributed by atoms with Crippen molar-refractivity contribution in [3.63, 3.8) is 0 Å². The second kappa shape index (κ2) is 7.53. The summed E-state index contributed by atoms with van der Waals surface area (Å²) in [6.45, 7) is 8.54. The molecule has 0 bridgehead atoms. The van der Waals surface area contributed by atoms with Gasteiger partial charge in [-0.3, -0.25) is 0 Å². The van der Waals surface area contributed by atoms with E-state index in [4.69, 9.17) is 4.74 Å². The van der Waals surface area contributed by atoms with Gasteiger partial charge in [0, 0.05) is 10.8 Å². The number of phosphoric ester groups is 1. The summed E-state index contributed by atoms with van der Waals surface area (Å²) in [5.41, 5.74) is -1.54. The number of ether oxygens (including phenoxy) is 1. The molecular weight excluding hydrogens is 293 g/mol. The first-order chi connectivity index (χ1) is 7.39. The molecule has 1 heterocycles. The summed E-state index contributed by atoms with van der Waals surface area (Å²) in [7, 11) is -5.15. The summed E-state index contributed by atoms with van der Waals surface area (Å²) >= 11 is 0. The van der Waals surface area contributed by atoms with E-state index in [0.717, 1.165) is 0 Å². The summed E-state index contributed by atoms with van der Waals surface area (Å²) in [5.74, 6) is 0. The normalized spacial score (nSPS) is 32.9. The Hall–Kier alpha value is 2.03. The molecule has 0 amide bonds. The molecule has 0 spiro atoms. The molecule has 0 saturated carbocycles. The van der Waals surface area contributed by atoms with Gasteiger partial charge in [-0.2, -0.15) is 0 Å². The Morgan fingerprint density at radius 1 is 1.16 bits per heavy atom. The number of aliphatic hydroxyl groups is 1. The van der Waals surface area contributed by atoms with Crippen molar-refractivity contribution >= 4 is 7.82 Å². The van der Waals surface area contributed by atoms with Crippen LogP contribution in [0.1, 0.15) is 34.6 Å². The maximum atomic E-state index is 10.7. The molecule has 3 atom stereocenters. The monoisotopic (exact) mass is 312 g/mol. The van der Waals surface area contributed by atoms with Gasteiger partial charge >= 0.3 is 59.1 Å². The zero-order chi connectivity index (χ0) is 13.6. The van der Waals surface area contributed by atoms with Crippen LogP contribution in [0.15, 0.2) is 0 Å². The van der Waals surface area contributed by atoms with Crippen LogP contribution in [0.3, 0.4) is 0 Å². The molecule has 1 aliphatic rings. The van der Waals surface area contributed by atoms with E-state index < -0.39 is 37.2 Å². The largest absolute Gasteiger partial charge is 1.00 e. The average molecular weight is 312 g/mol. The second-order valence-electron chi connectivity index (χ2n) is 5.71. The van der Waals surface area contributed by atoms with Crippen molar-refractivity contribution in [3.8, 4) is 0 Å². The third-order valence-electron chi connectivity index (χ3n) is 3.62. The minimum atomic E-state index is -5.15. The van der Waals surface area contributed by atoms with Crippen molar-refractivity contribution in [3.05, 3.63) is 0 Å². The third kappa shape index (κ3) is 5.31. The molecule has 1 rings (SSSR count). The SMILES string of the molecule is CC1O[C@@H](OP(=O)([O-])[O-])C(C)(C)[C@H](O)C1(C)C.[Na+].[Na+]. The molecule has 19 heavy (non-hydrogen) atoms. The molecule has 1 fully saturated rings. The molecule has 6 nitrogen and oxygen atoms in total. The van der Waals surface area contributed by atoms with Crippen molar-refractivity contribution in [1.82, 2.24) is 0 Å². The van der Waals surface area contributed by atoms with Gasteiger partial charge < -0.3 is 28.7 Å². The summed E-state index contributed by atoms with van der Waals surface area (Å²) in [6.07, 6.45) is -2.54. The van der Waals surface area contributed by atoms with Gasteiger partial charge in [-0.05, 0) is 6.92 Å². The van der Waals surface area contributed by atoms with Gasteiger partial charge in [-0.25, -0.2) is 0 Å². The van der Waals surface area contributed by atoms with Crippen LogP contribution in [0.5, 0.6) is 0 Å². The van der Waals surface area contributed by atoms with Gasteiger partial charge in [0.1, 0.15) is 0 Å². The maximum absolute atomic E-state index is 10.7. The van der Waals surface area contributed by atoms with E-state index in [1.165, 1.54) is 0 Å². The van der Waals surface area contributed by atoms with E-state index in [-0.39, 0.29) is 59.1 Å². The first-order valence-corrected chi connectivity index (χ1v) is 6.89. The van der Waals surface area contributed by atoms with Gasteiger partial charge in [-0.15, -0.1) is 0 Å². The topological polar surface area (TPSA) is 102 Å². The molecule has 1 unspecified atom stereocenters. The van der Waals surface area contributed by atoms with Gasteiger partial charge in [-0.1, -0.05) is 27.7 Å². The van der Waals surface area contributed by atoms with Crippen LogP contribution in [0, 0.1) is 10.8 Å². The smallest absolute Gasteiger partial charge is 0.790 e. The predicted octanol–water partition coefficient (Wildman–Crippen LogP) is -6.00. The van der Waals surface area contributed by atoms with E-state index in [9.17, 15) is 19.5 Å². The third-order valence-corrected chi connectivity index (χ3v) is 4.07. The Bertz CT molecular complexity index is 343. The molecule has 0 aromatic heterocycles. The van der Waals surface area contributed by atoms with E-state index >= 15 is 0 Å². The number of rotatable bonds is 2. The molecule has 0 radical (unpaired) electrons. The first-order valence-electron chi connectivity index (χ1n) is 5.43. The minimum Gasteiger partial charge on any atom is -0.790 e. The fraction of sp³-hybridized carbons (Fsp3) is 1.00. The molecule has 0 aromatic rings. The molecular formula is C10H19Na2O6P. The number of hydrogen-bond acceptors (Lipinski definition) is 6. The van der Waals surface area contributed by atoms with Crippen LogP contribution < -0.4 is 68.9 Å². The molecule has 1 saturated heterocycles. The molecule has 1 N–H and O–H groups in total. The van der Waals surface area contributed by atoms with Crippen molar-refractivity contribution in [2.75, 3.05) is 0 Å². The quantitative estimate of drug-likeness (QED) is 0.402. The zero-order valence-electron chi connectivity index (χ0n) is 12.7. The Morgan fingerprint density at radius 2 is 1.58 bits per heavy atom. The molecule has 9 heteroatoms. The van der Waals surface area contributed by atoms with Crippen molar-refractivity contribution in [2.24, 2.45) is 10.8 Å². The fourth-order valence-electron chi connectivity index (χ4n) is 2.12. The van der Waals surface area contributed by atoms with Gasteiger partial charge in [0.05, 0.1) is 20.0 Å². The van der Waals surface area contributed by atoms with E-state index in [0.29, 0.717) is 0 Å². The fourth-order valence-corrected chi connectivity index (χ4v) is 2.68. The van der Waals surface area contributed by atoms with Crippen LogP contribution in [0.4, 0.5) is 0 Å². The number of aliphatic hydroxyl groups excluding tert-OH is 1. The predicted molar refractivity (Wildman–Crippen MR) is 56.6 cm³/mol. The van der Waals surface area contributed by atoms with E-state index in [2.05, 4.69) is 4.52 Å². The van der Waals surface area contributed by atoms with Gasteiger partial charge in [0.2, 0.25) is 0 Å². The number of hydrogen-bond donors (Lipinski definition) is 1. The van der Waals surface area contributed by atoms with E-state index in [1.807, 2.05) is 13.8 Å². The van der Waals surface area contributed by atoms with Crippen LogP contribution >= 0.6 is 7.82 Å². The van der Waals surface area contributed by atoms with Crippen LogP contribution in [0.25, 0.3) is 0 Å². The minimum absolute atomic E-state index is 0. The molecule has 102 valence electrons. The summed E-state index contributed by atoms with van der Waals surface area (Å²) in [4.78, 5) is 21.3. The Morgan fingerprint density at radius 3 is 1.95 bits per heavy atom. The molecule has 1 aliphatic heterocycles. The van der Waals surface area contributed by atoms with Crippen molar-refractivity contribution in [2.45, 2.75) is 53.1 Å². The maximum Gasteiger partial charge on any atom is 1.00 e. The first kappa shape index (κ1) is 23.3. The van der Waals surface area contributed by atoms with Crippen molar-refractivity contribution in [1.29, 1.82) is 0 Å². The standard InChI is InChI=1S/C10H21O6P.2Na/c1-6-9(2,3)7(11)10(4,5)8(15-6)16-17(12,13)14;;/h6-8,11H,1-5H3,(H2,12,13,14);;/q;2*+1/p-2/t6?,7-,8+;;/m1../s1. The average Bonchev–Trinajstić information content (AvgIpc) is 2.11. The van der Waals surface area contributed by atoms with Crippen molar-refractivity contribution < 1.29 is 87.8 Å². The van der Waals surface area contributed by atoms with Crippen LogP contribution in [-0.2, 0) is 13.8 Å². The Labute approximate surface area is 158 Å². The van der Waals surface area contributed by atoms with E-state index in [1.54, 1.807) is 20.8 Å². The van der Waals surface area contributed by atoms with Crippen LogP contribution in [0.2, 0.25) is 0 Å². The number of phosphoric acid groups is 1. The Balaban J connectivity index is 0. The molecule has 0 aromatic carbocycles. The zero-order valence-corrected chi connectivity index (χ0v) is 17.6. The summed E-state index contributed by atoms with van der Waals surface area (Å²) in [6, 6.07) is 0. The van der Waals surface area contributed by atoms with Gasteiger partial charge in [0.15, 0.2) is 6.29 Å². The summed E-state index contributed by atoms with van der Waals surface area (Å²) in [5, 5.41) is 10.2. The van der Waals surface area contributed by atoms with Gasteiger partial charge in [0.25, 0.3) is 0 Å². The second-order valence-corrected chi connectivity index (χ2v) is 6.81. The van der Waals surface area contributed by atoms with Crippen LogP contribution in [-0.4, -0.2) is 23.6 Å².